The summed E-state index contributed by atoms with van der Waals surface area (Å²) < 4.78 is 50.0. The van der Waals surface area contributed by atoms with Crippen LogP contribution in [0.3, 0.4) is 0 Å². The number of hydrogen-bond donors (Lipinski definition) is 1. The van der Waals surface area contributed by atoms with Crippen LogP contribution >= 0.6 is 11.6 Å². The first-order chi connectivity index (χ1) is 12.7. The Labute approximate surface area is 158 Å². The molecule has 0 heterocycles. The molecule has 0 aliphatic carbocycles. The lowest BCUT2D eigenvalue weighted by atomic mass is 10.2. The third-order valence-corrected chi connectivity index (χ3v) is 3.67. The fourth-order valence-electron chi connectivity index (χ4n) is 1.95. The molecule has 0 unspecified atom stereocenters. The van der Waals surface area contributed by atoms with Gasteiger partial charge in [-0.05, 0) is 50.2 Å². The van der Waals surface area contributed by atoms with E-state index in [4.69, 9.17) is 21.1 Å². The van der Waals surface area contributed by atoms with Crippen molar-refractivity contribution in [2.75, 3.05) is 5.32 Å². The molecule has 2 aromatic rings. The van der Waals surface area contributed by atoms with Crippen molar-refractivity contribution in [2.45, 2.75) is 26.1 Å². The fourth-order valence-corrected chi connectivity index (χ4v) is 2.07. The minimum Gasteiger partial charge on any atom is -0.479 e. The number of rotatable bonds is 6. The normalized spacial score (nSPS) is 12.8. The minimum atomic E-state index is -1.72. The van der Waals surface area contributed by atoms with E-state index in [1.807, 2.05) is 5.32 Å². The Kier molecular flexibility index (Phi) is 6.68. The highest BCUT2D eigenvalue weighted by molar-refractivity contribution is 6.30. The average Bonchev–Trinajstić information content (AvgIpc) is 2.63. The monoisotopic (exact) mass is 401 g/mol. The van der Waals surface area contributed by atoms with Gasteiger partial charge < -0.3 is 14.8 Å². The molecule has 0 aliphatic heterocycles. The van der Waals surface area contributed by atoms with Crippen molar-refractivity contribution in [3.63, 3.8) is 0 Å². The van der Waals surface area contributed by atoms with E-state index < -0.39 is 47.2 Å². The van der Waals surface area contributed by atoms with Crippen LogP contribution in [0.2, 0.25) is 5.02 Å². The van der Waals surface area contributed by atoms with Crippen LogP contribution in [0, 0.1) is 17.5 Å². The van der Waals surface area contributed by atoms with E-state index in [-0.39, 0.29) is 0 Å². The molecule has 0 aromatic heterocycles. The van der Waals surface area contributed by atoms with Gasteiger partial charge in [0.05, 0.1) is 5.69 Å². The molecular formula is C18H15ClF3NO4. The largest absolute Gasteiger partial charge is 0.479 e. The van der Waals surface area contributed by atoms with Gasteiger partial charge in [-0.1, -0.05) is 11.6 Å². The Morgan fingerprint density at radius 1 is 0.963 bits per heavy atom. The van der Waals surface area contributed by atoms with Crippen LogP contribution in [0.5, 0.6) is 5.75 Å². The van der Waals surface area contributed by atoms with Gasteiger partial charge in [-0.25, -0.2) is 18.0 Å². The molecule has 0 spiro atoms. The SMILES string of the molecule is C[C@H](Oc1ccc(Cl)cc1)C(=O)O[C@H](C)C(=O)Nc1ccc(F)c(F)c1F. The predicted octanol–water partition coefficient (Wildman–Crippen LogP) is 4.10. The summed E-state index contributed by atoms with van der Waals surface area (Å²) in [4.78, 5) is 24.0. The summed E-state index contributed by atoms with van der Waals surface area (Å²) in [7, 11) is 0. The van der Waals surface area contributed by atoms with Crippen LogP contribution < -0.4 is 10.1 Å². The first kappa shape index (κ1) is 20.6. The van der Waals surface area contributed by atoms with E-state index >= 15 is 0 Å². The first-order valence-corrected chi connectivity index (χ1v) is 8.14. The van der Waals surface area contributed by atoms with E-state index in [0.29, 0.717) is 16.8 Å². The van der Waals surface area contributed by atoms with Crippen LogP contribution in [0.1, 0.15) is 13.8 Å². The quantitative estimate of drug-likeness (QED) is 0.585. The molecule has 144 valence electrons. The predicted molar refractivity (Wildman–Crippen MR) is 92.0 cm³/mol. The summed E-state index contributed by atoms with van der Waals surface area (Å²) in [6, 6.07) is 7.75. The number of ether oxygens (including phenoxy) is 2. The van der Waals surface area contributed by atoms with Crippen molar-refractivity contribution in [3.8, 4) is 5.75 Å². The third-order valence-electron chi connectivity index (χ3n) is 3.41. The standard InChI is InChI=1S/C18H15ClF3NO4/c1-9(17(24)23-14-8-7-13(20)15(21)16(14)22)27-18(25)10(2)26-12-5-3-11(19)4-6-12/h3-10H,1-2H3,(H,23,24)/t9-,10+/m1/s1. The van der Waals surface area contributed by atoms with E-state index in [0.717, 1.165) is 6.07 Å². The van der Waals surface area contributed by atoms with Crippen LogP contribution in [0.25, 0.3) is 0 Å². The lowest BCUT2D eigenvalue weighted by molar-refractivity contribution is -0.159. The van der Waals surface area contributed by atoms with Gasteiger partial charge in [-0.2, -0.15) is 0 Å². The number of halogens is 4. The summed E-state index contributed by atoms with van der Waals surface area (Å²) in [5, 5.41) is 2.52. The molecule has 0 saturated heterocycles. The van der Waals surface area contributed by atoms with Crippen LogP contribution in [0.15, 0.2) is 36.4 Å². The average molecular weight is 402 g/mol. The summed E-state index contributed by atoms with van der Waals surface area (Å²) in [5.41, 5.74) is -0.577. The van der Waals surface area contributed by atoms with Crippen LogP contribution in [-0.2, 0) is 14.3 Å². The first-order valence-electron chi connectivity index (χ1n) is 7.76. The fraction of sp³-hybridized carbons (Fsp3) is 0.222. The maximum Gasteiger partial charge on any atom is 0.347 e. The molecule has 0 fully saturated rings. The molecule has 1 N–H and O–H groups in total. The molecule has 2 rings (SSSR count). The molecule has 0 aliphatic rings. The summed E-state index contributed by atoms with van der Waals surface area (Å²) >= 11 is 5.75. The zero-order valence-electron chi connectivity index (χ0n) is 14.3. The van der Waals surface area contributed by atoms with E-state index in [2.05, 4.69) is 0 Å². The van der Waals surface area contributed by atoms with E-state index in [9.17, 15) is 22.8 Å². The number of amides is 1. The van der Waals surface area contributed by atoms with E-state index in [1.165, 1.54) is 13.8 Å². The van der Waals surface area contributed by atoms with Crippen molar-refractivity contribution in [3.05, 3.63) is 58.9 Å². The number of hydrogen-bond acceptors (Lipinski definition) is 4. The van der Waals surface area contributed by atoms with Crippen LogP contribution in [0.4, 0.5) is 18.9 Å². The van der Waals surface area contributed by atoms with Crippen molar-refractivity contribution in [2.24, 2.45) is 0 Å². The zero-order valence-corrected chi connectivity index (χ0v) is 15.0. The second-order valence-electron chi connectivity index (χ2n) is 5.51. The lowest BCUT2D eigenvalue weighted by Gasteiger charge is -2.18. The molecule has 0 bridgehead atoms. The maximum atomic E-state index is 13.6. The van der Waals surface area contributed by atoms with Crippen molar-refractivity contribution in [1.82, 2.24) is 0 Å². The highest BCUT2D eigenvalue weighted by Crippen LogP contribution is 2.20. The molecule has 2 aromatic carbocycles. The highest BCUT2D eigenvalue weighted by atomic mass is 35.5. The molecule has 0 radical (unpaired) electrons. The summed E-state index contributed by atoms with van der Waals surface area (Å²) in [6.45, 7) is 2.65. The summed E-state index contributed by atoms with van der Waals surface area (Å²) in [6.07, 6.45) is -2.37. The topological polar surface area (TPSA) is 64.6 Å². The minimum absolute atomic E-state index is 0.366. The molecule has 1 amide bonds. The van der Waals surface area contributed by atoms with Crippen LogP contribution in [-0.4, -0.2) is 24.1 Å². The molecule has 2 atom stereocenters. The Balaban J connectivity index is 1.94. The third kappa shape index (κ3) is 5.37. The van der Waals surface area contributed by atoms with Gasteiger partial charge in [0.15, 0.2) is 29.7 Å². The maximum absolute atomic E-state index is 13.6. The number of nitrogens with one attached hydrogen (secondary N) is 1. The smallest absolute Gasteiger partial charge is 0.347 e. The number of anilines is 1. The Morgan fingerprint density at radius 2 is 1.59 bits per heavy atom. The Morgan fingerprint density at radius 3 is 2.22 bits per heavy atom. The van der Waals surface area contributed by atoms with Gasteiger partial charge in [0.1, 0.15) is 5.75 Å². The Hall–Kier alpha value is -2.74. The highest BCUT2D eigenvalue weighted by Gasteiger charge is 2.24. The lowest BCUT2D eigenvalue weighted by Crippen LogP contribution is -2.35. The number of carbonyl (C=O) groups is 2. The van der Waals surface area contributed by atoms with Crippen molar-refractivity contribution in [1.29, 1.82) is 0 Å². The van der Waals surface area contributed by atoms with Gasteiger partial charge in [0, 0.05) is 5.02 Å². The molecule has 9 heteroatoms. The van der Waals surface area contributed by atoms with E-state index in [1.54, 1.807) is 24.3 Å². The van der Waals surface area contributed by atoms with Gasteiger partial charge in [-0.15, -0.1) is 0 Å². The zero-order chi connectivity index (χ0) is 20.1. The van der Waals surface area contributed by atoms with Crippen molar-refractivity contribution < 1.29 is 32.2 Å². The van der Waals surface area contributed by atoms with Gasteiger partial charge >= 0.3 is 5.97 Å². The van der Waals surface area contributed by atoms with Gasteiger partial charge in [0.2, 0.25) is 0 Å². The molecular weight excluding hydrogens is 387 g/mol. The van der Waals surface area contributed by atoms with Crippen molar-refractivity contribution >= 4 is 29.2 Å². The summed E-state index contributed by atoms with van der Waals surface area (Å²) in [5.74, 6) is -6.07. The van der Waals surface area contributed by atoms with Gasteiger partial charge in [0.25, 0.3) is 5.91 Å². The molecule has 0 saturated carbocycles. The molecule has 5 nitrogen and oxygen atoms in total. The number of carbonyl (C=O) groups excluding carboxylic acids is 2. The second-order valence-corrected chi connectivity index (χ2v) is 5.94. The number of esters is 1. The van der Waals surface area contributed by atoms with Gasteiger partial charge in [-0.3, -0.25) is 4.79 Å². The number of benzene rings is 2. The Bertz CT molecular complexity index is 845. The molecule has 27 heavy (non-hydrogen) atoms. The second kappa shape index (κ2) is 8.77.